The van der Waals surface area contributed by atoms with Crippen LogP contribution in [0.1, 0.15) is 65.4 Å². The standard InChI is InChI=1S/C32H50N7O12P/c1-17(2)15-25(37-31(46)24(35-19(4)41)16-20-5-7-22(8-6-20)51-52(48,49)50)32(47)39-13-11-21(12-14-39)29(44)36-23(9-10-26(33)42)30(45)38-27(18(3)40)28(34)43/h5-8,17-18,21,23-25,27,40H,9-16H2,1-4H3,(H2,33,42)(H2,34,43)(H,35,41)(H,36,44)(H,37,46)(H,38,45)(H2,48,49,50)/t18?,23-,24-,25-,27-/m0/s1. The Bertz CT molecular complexity index is 1490. The zero-order valence-electron chi connectivity index (χ0n) is 29.6. The third-order valence-corrected chi connectivity index (χ3v) is 8.63. The number of aliphatic hydroxyl groups is 1. The van der Waals surface area contributed by atoms with Gasteiger partial charge in [0.2, 0.25) is 41.4 Å². The minimum atomic E-state index is -4.77. The molecule has 20 heteroatoms. The number of nitrogens with two attached hydrogens (primary N) is 2. The lowest BCUT2D eigenvalue weighted by Crippen LogP contribution is -2.58. The van der Waals surface area contributed by atoms with Crippen LogP contribution in [0.5, 0.6) is 5.75 Å². The minimum Gasteiger partial charge on any atom is -0.404 e. The Morgan fingerprint density at radius 3 is 1.94 bits per heavy atom. The lowest BCUT2D eigenvalue weighted by Gasteiger charge is -2.35. The molecule has 1 unspecified atom stereocenters. The van der Waals surface area contributed by atoms with Crippen LogP contribution in [0.15, 0.2) is 24.3 Å². The normalized spacial score (nSPS) is 16.4. The molecule has 7 amide bonds. The average Bonchev–Trinajstić information content (AvgIpc) is 3.03. The Morgan fingerprint density at radius 2 is 1.46 bits per heavy atom. The van der Waals surface area contributed by atoms with Crippen LogP contribution in [-0.4, -0.2) is 105 Å². The number of piperidine rings is 1. The summed E-state index contributed by atoms with van der Waals surface area (Å²) in [4.78, 5) is 108. The third kappa shape index (κ3) is 15.0. The van der Waals surface area contributed by atoms with Crippen molar-refractivity contribution in [3.05, 3.63) is 29.8 Å². The van der Waals surface area contributed by atoms with Crippen LogP contribution in [0.2, 0.25) is 0 Å². The lowest BCUT2D eigenvalue weighted by atomic mass is 9.93. The van der Waals surface area contributed by atoms with Gasteiger partial charge in [0, 0.05) is 38.8 Å². The van der Waals surface area contributed by atoms with Gasteiger partial charge in [-0.25, -0.2) is 4.57 Å². The van der Waals surface area contributed by atoms with E-state index in [1.165, 1.54) is 43.0 Å². The third-order valence-electron chi connectivity index (χ3n) is 8.18. The summed E-state index contributed by atoms with van der Waals surface area (Å²) in [5.74, 6) is -5.37. The summed E-state index contributed by atoms with van der Waals surface area (Å²) in [5.41, 5.74) is 11.0. The van der Waals surface area contributed by atoms with Gasteiger partial charge in [0.15, 0.2) is 0 Å². The largest absolute Gasteiger partial charge is 0.524 e. The number of likely N-dealkylation sites (tertiary alicyclic amines) is 1. The summed E-state index contributed by atoms with van der Waals surface area (Å²) >= 11 is 0. The van der Waals surface area contributed by atoms with E-state index in [4.69, 9.17) is 21.3 Å². The van der Waals surface area contributed by atoms with Crippen molar-refractivity contribution in [2.24, 2.45) is 23.3 Å². The highest BCUT2D eigenvalue weighted by Gasteiger charge is 2.35. The molecule has 1 heterocycles. The number of carbonyl (C=O) groups excluding carboxylic acids is 7. The number of carbonyl (C=O) groups is 7. The molecule has 1 fully saturated rings. The van der Waals surface area contributed by atoms with E-state index in [-0.39, 0.29) is 63.3 Å². The SMILES string of the molecule is CC(=O)N[C@@H](Cc1ccc(OP(=O)(O)O)cc1)C(=O)N[C@@H](CC(C)C)C(=O)N1CCC(C(=O)N[C@@H](CCC(N)=O)C(=O)N[C@H](C(N)=O)C(C)O)CC1. The maximum Gasteiger partial charge on any atom is 0.524 e. The van der Waals surface area contributed by atoms with Gasteiger partial charge in [-0.05, 0) is 56.2 Å². The van der Waals surface area contributed by atoms with Gasteiger partial charge in [0.1, 0.15) is 29.9 Å². The maximum atomic E-state index is 13.7. The van der Waals surface area contributed by atoms with E-state index in [0.29, 0.717) is 5.56 Å². The smallest absolute Gasteiger partial charge is 0.404 e. The van der Waals surface area contributed by atoms with E-state index in [2.05, 4.69) is 25.8 Å². The van der Waals surface area contributed by atoms with Crippen LogP contribution in [0, 0.1) is 11.8 Å². The predicted octanol–water partition coefficient (Wildman–Crippen LogP) is -1.92. The van der Waals surface area contributed by atoms with E-state index in [9.17, 15) is 43.2 Å². The Labute approximate surface area is 301 Å². The Kier molecular flexibility index (Phi) is 16.7. The number of nitrogens with zero attached hydrogens (tertiary/aromatic N) is 1. The average molecular weight is 756 g/mol. The quantitative estimate of drug-likeness (QED) is 0.0698. The Hall–Kier alpha value is -4.58. The molecule has 0 radical (unpaired) electrons. The topological polar surface area (TPSA) is 310 Å². The summed E-state index contributed by atoms with van der Waals surface area (Å²) in [5, 5.41) is 20.0. The highest BCUT2D eigenvalue weighted by atomic mass is 31.2. The molecule has 1 aliphatic rings. The monoisotopic (exact) mass is 755 g/mol. The summed E-state index contributed by atoms with van der Waals surface area (Å²) < 4.78 is 15.6. The number of hydrogen-bond acceptors (Lipinski definition) is 10. The number of phosphoric acid groups is 1. The number of nitrogens with one attached hydrogen (secondary N) is 4. The predicted molar refractivity (Wildman–Crippen MR) is 184 cm³/mol. The molecule has 2 rings (SSSR count). The molecule has 19 nitrogen and oxygen atoms in total. The fraction of sp³-hybridized carbons (Fsp3) is 0.594. The molecule has 52 heavy (non-hydrogen) atoms. The van der Waals surface area contributed by atoms with Crippen molar-refractivity contribution in [1.82, 2.24) is 26.2 Å². The molecule has 0 aliphatic carbocycles. The molecule has 5 atom stereocenters. The molecule has 1 aromatic rings. The van der Waals surface area contributed by atoms with Crippen molar-refractivity contribution in [2.45, 2.75) is 96.5 Å². The Morgan fingerprint density at radius 1 is 0.885 bits per heavy atom. The summed E-state index contributed by atoms with van der Waals surface area (Å²) in [6.45, 7) is 6.50. The fourth-order valence-corrected chi connectivity index (χ4v) is 5.99. The van der Waals surface area contributed by atoms with Crippen LogP contribution in [0.25, 0.3) is 0 Å². The van der Waals surface area contributed by atoms with Gasteiger partial charge in [-0.2, -0.15) is 0 Å². The zero-order valence-corrected chi connectivity index (χ0v) is 30.5. The second-order valence-corrected chi connectivity index (χ2v) is 14.3. The number of benzene rings is 1. The van der Waals surface area contributed by atoms with Crippen molar-refractivity contribution in [3.8, 4) is 5.75 Å². The second-order valence-electron chi connectivity index (χ2n) is 13.2. The summed E-state index contributed by atoms with van der Waals surface area (Å²) in [6, 6.07) is 0.788. The first-order valence-electron chi connectivity index (χ1n) is 16.7. The minimum absolute atomic E-state index is 0.00856. The van der Waals surface area contributed by atoms with E-state index in [1.807, 2.05) is 13.8 Å². The van der Waals surface area contributed by atoms with Crippen LogP contribution in [0.3, 0.4) is 0 Å². The van der Waals surface area contributed by atoms with E-state index < -0.39 is 85.4 Å². The van der Waals surface area contributed by atoms with Crippen molar-refractivity contribution in [1.29, 1.82) is 0 Å². The number of rotatable bonds is 19. The first kappa shape index (κ1) is 43.6. The van der Waals surface area contributed by atoms with Crippen LogP contribution in [-0.2, 0) is 44.5 Å². The molecule has 1 aromatic carbocycles. The van der Waals surface area contributed by atoms with Crippen LogP contribution >= 0.6 is 7.82 Å². The maximum absolute atomic E-state index is 13.7. The van der Waals surface area contributed by atoms with Gasteiger partial charge >= 0.3 is 7.82 Å². The molecule has 1 saturated heterocycles. The van der Waals surface area contributed by atoms with Gasteiger partial charge in [-0.1, -0.05) is 26.0 Å². The highest BCUT2D eigenvalue weighted by Crippen LogP contribution is 2.37. The molecular formula is C32H50N7O12P. The van der Waals surface area contributed by atoms with Gasteiger partial charge < -0.3 is 47.3 Å². The molecule has 290 valence electrons. The number of hydrogen-bond donors (Lipinski definition) is 9. The first-order chi connectivity index (χ1) is 24.2. The van der Waals surface area contributed by atoms with E-state index >= 15 is 0 Å². The number of aliphatic hydroxyl groups excluding tert-OH is 1. The Balaban J connectivity index is 2.10. The second kappa shape index (κ2) is 19.9. The molecule has 1 aliphatic heterocycles. The van der Waals surface area contributed by atoms with Crippen molar-refractivity contribution in [2.75, 3.05) is 13.1 Å². The lowest BCUT2D eigenvalue weighted by molar-refractivity contribution is -0.140. The number of amides is 7. The highest BCUT2D eigenvalue weighted by molar-refractivity contribution is 7.46. The molecule has 0 bridgehead atoms. The zero-order chi connectivity index (χ0) is 39.3. The van der Waals surface area contributed by atoms with Crippen LogP contribution < -0.4 is 37.3 Å². The molecular weight excluding hydrogens is 705 g/mol. The number of primary amides is 2. The van der Waals surface area contributed by atoms with Crippen molar-refractivity contribution >= 4 is 49.2 Å². The molecule has 0 aromatic heterocycles. The van der Waals surface area contributed by atoms with Gasteiger partial charge in [0.25, 0.3) is 0 Å². The van der Waals surface area contributed by atoms with E-state index in [1.54, 1.807) is 0 Å². The fourth-order valence-electron chi connectivity index (χ4n) is 5.59. The molecule has 0 spiro atoms. The van der Waals surface area contributed by atoms with Gasteiger partial charge in [-0.15, -0.1) is 0 Å². The van der Waals surface area contributed by atoms with E-state index in [0.717, 1.165) is 0 Å². The van der Waals surface area contributed by atoms with Crippen molar-refractivity contribution in [3.63, 3.8) is 0 Å². The first-order valence-corrected chi connectivity index (χ1v) is 18.3. The molecule has 0 saturated carbocycles. The summed E-state index contributed by atoms with van der Waals surface area (Å²) in [7, 11) is -4.77. The van der Waals surface area contributed by atoms with Crippen LogP contribution in [0.4, 0.5) is 0 Å². The molecule has 11 N–H and O–H groups in total. The van der Waals surface area contributed by atoms with Gasteiger partial charge in [0.05, 0.1) is 6.10 Å². The van der Waals surface area contributed by atoms with Crippen molar-refractivity contribution < 1.29 is 57.5 Å². The van der Waals surface area contributed by atoms with Gasteiger partial charge in [-0.3, -0.25) is 43.3 Å². The number of phosphoric ester groups is 1. The summed E-state index contributed by atoms with van der Waals surface area (Å²) in [6.07, 6.45) is -1.09.